The van der Waals surface area contributed by atoms with E-state index in [1.165, 1.54) is 16.0 Å². The topological polar surface area (TPSA) is 47.5 Å². The first-order chi connectivity index (χ1) is 12.0. The van der Waals surface area contributed by atoms with Gasteiger partial charge in [-0.2, -0.15) is 0 Å². The molecule has 0 amide bonds. The summed E-state index contributed by atoms with van der Waals surface area (Å²) in [7, 11) is 0. The molecule has 3 N–H and O–H groups in total. The molecule has 1 aromatic carbocycles. The van der Waals surface area contributed by atoms with Gasteiger partial charge in [-0.1, -0.05) is 23.7 Å². The molecule has 0 bridgehead atoms. The monoisotopic (exact) mass is 379 g/mol. The van der Waals surface area contributed by atoms with Crippen LogP contribution in [0.15, 0.2) is 35.7 Å². The first kappa shape index (κ1) is 18.8. The van der Waals surface area contributed by atoms with Gasteiger partial charge >= 0.3 is 0 Å². The number of halogens is 1. The molecule has 1 aliphatic rings. The highest BCUT2D eigenvalue weighted by Crippen LogP contribution is 2.28. The van der Waals surface area contributed by atoms with E-state index in [4.69, 9.17) is 11.6 Å². The fraction of sp³-hybridized carbons (Fsp3) is 0.474. The fourth-order valence-electron chi connectivity index (χ4n) is 3.41. The number of rotatable bonds is 7. The summed E-state index contributed by atoms with van der Waals surface area (Å²) >= 11 is 7.81. The zero-order valence-corrected chi connectivity index (χ0v) is 16.3. The first-order valence-corrected chi connectivity index (χ1v) is 9.96. The highest BCUT2D eigenvalue weighted by atomic mass is 35.5. The smallest absolute Gasteiger partial charge is 0.0639 e. The molecule has 1 saturated heterocycles. The van der Waals surface area contributed by atoms with Gasteiger partial charge in [0.1, 0.15) is 0 Å². The Hall–Kier alpha value is -0.950. The summed E-state index contributed by atoms with van der Waals surface area (Å²) in [5, 5.41) is 12.8. The molecule has 2 aromatic rings. The van der Waals surface area contributed by atoms with Crippen LogP contribution in [-0.4, -0.2) is 35.7 Å². The summed E-state index contributed by atoms with van der Waals surface area (Å²) in [6.45, 7) is 7.42. The van der Waals surface area contributed by atoms with E-state index in [1.54, 1.807) is 11.3 Å². The van der Waals surface area contributed by atoms with Crippen LogP contribution < -0.4 is 10.9 Å². The second-order valence-corrected chi connectivity index (χ2v) is 8.32. The lowest BCUT2D eigenvalue weighted by Gasteiger charge is -2.29. The van der Waals surface area contributed by atoms with Crippen molar-refractivity contribution in [3.8, 4) is 0 Å². The van der Waals surface area contributed by atoms with E-state index in [0.717, 1.165) is 24.7 Å². The number of thiophene rings is 1. The SMILES string of the molecule is Cc1ccsc1CN(CC(C)O)CC1CNNC1c1ccc(Cl)cc1. The number of nitrogens with zero attached hydrogens (tertiary/aromatic N) is 1. The van der Waals surface area contributed by atoms with Crippen LogP contribution in [0.25, 0.3) is 0 Å². The Bertz CT molecular complexity index is 674. The molecule has 1 aliphatic heterocycles. The Morgan fingerprint density at radius 3 is 2.72 bits per heavy atom. The molecule has 0 radical (unpaired) electrons. The number of aryl methyl sites for hydroxylation is 1. The number of hydrazine groups is 1. The van der Waals surface area contributed by atoms with Crippen molar-refractivity contribution >= 4 is 22.9 Å². The lowest BCUT2D eigenvalue weighted by atomic mass is 9.94. The van der Waals surface area contributed by atoms with Crippen molar-refractivity contribution in [2.45, 2.75) is 32.5 Å². The molecule has 25 heavy (non-hydrogen) atoms. The Balaban J connectivity index is 1.71. The van der Waals surface area contributed by atoms with E-state index < -0.39 is 0 Å². The Morgan fingerprint density at radius 1 is 1.32 bits per heavy atom. The Labute approximate surface area is 158 Å². The van der Waals surface area contributed by atoms with Gasteiger partial charge < -0.3 is 5.11 Å². The number of benzene rings is 1. The van der Waals surface area contributed by atoms with E-state index in [1.807, 2.05) is 19.1 Å². The minimum Gasteiger partial charge on any atom is -0.392 e. The molecule has 1 aromatic heterocycles. The van der Waals surface area contributed by atoms with E-state index in [2.05, 4.69) is 46.3 Å². The molecular weight excluding hydrogens is 354 g/mol. The summed E-state index contributed by atoms with van der Waals surface area (Å²) in [6, 6.07) is 10.5. The maximum Gasteiger partial charge on any atom is 0.0639 e. The minimum atomic E-state index is -0.337. The van der Waals surface area contributed by atoms with Crippen LogP contribution in [0.1, 0.15) is 29.0 Å². The Kier molecular flexibility index (Phi) is 6.49. The van der Waals surface area contributed by atoms with Crippen LogP contribution in [0.3, 0.4) is 0 Å². The summed E-state index contributed by atoms with van der Waals surface area (Å²) < 4.78 is 0. The number of aliphatic hydroxyl groups is 1. The molecule has 3 atom stereocenters. The van der Waals surface area contributed by atoms with Gasteiger partial charge in [-0.3, -0.25) is 10.3 Å². The summed E-state index contributed by atoms with van der Waals surface area (Å²) in [5.41, 5.74) is 9.26. The van der Waals surface area contributed by atoms with Crippen LogP contribution in [0.5, 0.6) is 0 Å². The maximum atomic E-state index is 9.92. The second-order valence-electron chi connectivity index (χ2n) is 6.88. The van der Waals surface area contributed by atoms with E-state index in [-0.39, 0.29) is 12.1 Å². The molecule has 0 aliphatic carbocycles. The zero-order valence-electron chi connectivity index (χ0n) is 14.7. The van der Waals surface area contributed by atoms with Gasteiger partial charge in [-0.05, 0) is 48.6 Å². The molecule has 3 rings (SSSR count). The quantitative estimate of drug-likeness (QED) is 0.690. The normalized spacial score (nSPS) is 21.8. The summed E-state index contributed by atoms with van der Waals surface area (Å²) in [4.78, 5) is 3.74. The van der Waals surface area contributed by atoms with Crippen LogP contribution in [0.4, 0.5) is 0 Å². The van der Waals surface area contributed by atoms with Crippen LogP contribution in [-0.2, 0) is 6.54 Å². The van der Waals surface area contributed by atoms with Gasteiger partial charge in [0.2, 0.25) is 0 Å². The average Bonchev–Trinajstić information content (AvgIpc) is 3.17. The van der Waals surface area contributed by atoms with Gasteiger partial charge in [-0.25, -0.2) is 5.43 Å². The van der Waals surface area contributed by atoms with Crippen molar-refractivity contribution in [1.82, 2.24) is 15.8 Å². The summed E-state index contributed by atoms with van der Waals surface area (Å²) in [6.07, 6.45) is -0.337. The van der Waals surface area contributed by atoms with Crippen LogP contribution in [0.2, 0.25) is 5.02 Å². The predicted molar refractivity (Wildman–Crippen MR) is 105 cm³/mol. The lowest BCUT2D eigenvalue weighted by molar-refractivity contribution is 0.110. The van der Waals surface area contributed by atoms with Gasteiger partial charge in [0.25, 0.3) is 0 Å². The minimum absolute atomic E-state index is 0.248. The molecule has 4 nitrogen and oxygen atoms in total. The fourth-order valence-corrected chi connectivity index (χ4v) is 4.48. The average molecular weight is 380 g/mol. The molecular formula is C19H26ClN3OS. The summed E-state index contributed by atoms with van der Waals surface area (Å²) in [5.74, 6) is 0.431. The van der Waals surface area contributed by atoms with Gasteiger partial charge in [0, 0.05) is 42.0 Å². The molecule has 1 fully saturated rings. The Morgan fingerprint density at radius 2 is 2.08 bits per heavy atom. The zero-order chi connectivity index (χ0) is 17.8. The third kappa shape index (κ3) is 5.03. The number of aliphatic hydroxyl groups excluding tert-OH is 1. The standard InChI is InChI=1S/C19H26ClN3OS/c1-13-7-8-25-18(13)12-23(10-14(2)24)11-16-9-21-22-19(16)15-3-5-17(20)6-4-15/h3-8,14,16,19,21-22,24H,9-12H2,1-2H3. The van der Waals surface area contributed by atoms with Crippen LogP contribution >= 0.6 is 22.9 Å². The van der Waals surface area contributed by atoms with Gasteiger partial charge in [-0.15, -0.1) is 11.3 Å². The van der Waals surface area contributed by atoms with E-state index in [0.29, 0.717) is 12.5 Å². The number of hydrogen-bond donors (Lipinski definition) is 3. The van der Waals surface area contributed by atoms with E-state index in [9.17, 15) is 5.11 Å². The van der Waals surface area contributed by atoms with Crippen molar-refractivity contribution in [2.24, 2.45) is 5.92 Å². The second kappa shape index (κ2) is 8.62. The van der Waals surface area contributed by atoms with Crippen molar-refractivity contribution in [3.05, 3.63) is 56.7 Å². The van der Waals surface area contributed by atoms with Crippen LogP contribution in [0, 0.1) is 12.8 Å². The van der Waals surface area contributed by atoms with Crippen molar-refractivity contribution in [2.75, 3.05) is 19.6 Å². The van der Waals surface area contributed by atoms with Gasteiger partial charge in [0.05, 0.1) is 12.1 Å². The molecule has 0 saturated carbocycles. The molecule has 0 spiro atoms. The van der Waals surface area contributed by atoms with Gasteiger partial charge in [0.15, 0.2) is 0 Å². The highest BCUT2D eigenvalue weighted by Gasteiger charge is 2.30. The van der Waals surface area contributed by atoms with Crippen molar-refractivity contribution in [3.63, 3.8) is 0 Å². The molecule has 2 heterocycles. The highest BCUT2D eigenvalue weighted by molar-refractivity contribution is 7.10. The third-order valence-electron chi connectivity index (χ3n) is 4.67. The van der Waals surface area contributed by atoms with E-state index >= 15 is 0 Å². The number of hydrogen-bond acceptors (Lipinski definition) is 5. The molecule has 136 valence electrons. The predicted octanol–water partition coefficient (Wildman–Crippen LogP) is 3.36. The third-order valence-corrected chi connectivity index (χ3v) is 5.93. The largest absolute Gasteiger partial charge is 0.392 e. The van der Waals surface area contributed by atoms with Crippen molar-refractivity contribution < 1.29 is 5.11 Å². The number of nitrogens with one attached hydrogen (secondary N) is 2. The maximum absolute atomic E-state index is 9.92. The lowest BCUT2D eigenvalue weighted by Crippen LogP contribution is -2.37. The molecule has 6 heteroatoms. The first-order valence-electron chi connectivity index (χ1n) is 8.70. The van der Waals surface area contributed by atoms with Crippen molar-refractivity contribution in [1.29, 1.82) is 0 Å². The molecule has 3 unspecified atom stereocenters.